The second-order valence-corrected chi connectivity index (χ2v) is 5.60. The Morgan fingerprint density at radius 2 is 2.14 bits per heavy atom. The van der Waals surface area contributed by atoms with Gasteiger partial charge < -0.3 is 14.7 Å². The number of amides is 1. The largest absolute Gasteiger partial charge is 0.477 e. The van der Waals surface area contributed by atoms with E-state index in [1.54, 1.807) is 4.90 Å². The van der Waals surface area contributed by atoms with Crippen molar-refractivity contribution in [3.63, 3.8) is 0 Å². The lowest BCUT2D eigenvalue weighted by Gasteiger charge is -2.17. The Labute approximate surface area is 123 Å². The van der Waals surface area contributed by atoms with Crippen molar-refractivity contribution in [3.05, 3.63) is 29.6 Å². The summed E-state index contributed by atoms with van der Waals surface area (Å²) in [7, 11) is 0. The molecule has 21 heavy (non-hydrogen) atoms. The molecule has 0 aromatic carbocycles. The van der Waals surface area contributed by atoms with Gasteiger partial charge in [-0.15, -0.1) is 0 Å². The topological polar surface area (TPSA) is 79.7 Å². The Bertz CT molecular complexity index is 530. The van der Waals surface area contributed by atoms with Gasteiger partial charge in [-0.2, -0.15) is 0 Å². The summed E-state index contributed by atoms with van der Waals surface area (Å²) in [5, 5.41) is 8.91. The number of carbonyl (C=O) groups excluding carboxylic acids is 1. The van der Waals surface area contributed by atoms with E-state index in [1.807, 2.05) is 0 Å². The van der Waals surface area contributed by atoms with Gasteiger partial charge in [-0.05, 0) is 24.5 Å². The standard InChI is InChI=1S/C15H20N2O4/c1-10(2)9-21-11-6-7-17(8-11)14(18)12-4-3-5-13(16-12)15(19)20/h3-5,10-11H,6-9H2,1-2H3,(H,19,20). The van der Waals surface area contributed by atoms with Gasteiger partial charge in [-0.3, -0.25) is 4.79 Å². The molecule has 1 amide bonds. The summed E-state index contributed by atoms with van der Waals surface area (Å²) in [4.78, 5) is 28.8. The van der Waals surface area contributed by atoms with E-state index < -0.39 is 5.97 Å². The van der Waals surface area contributed by atoms with Gasteiger partial charge in [-0.1, -0.05) is 19.9 Å². The number of carboxylic acids is 1. The van der Waals surface area contributed by atoms with Crippen molar-refractivity contribution < 1.29 is 19.4 Å². The van der Waals surface area contributed by atoms with Crippen molar-refractivity contribution in [2.75, 3.05) is 19.7 Å². The summed E-state index contributed by atoms with van der Waals surface area (Å²) in [5.74, 6) is -0.915. The number of carboxylic acid groups (broad SMARTS) is 1. The van der Waals surface area contributed by atoms with Crippen molar-refractivity contribution in [1.82, 2.24) is 9.88 Å². The fourth-order valence-electron chi connectivity index (χ4n) is 2.21. The average Bonchev–Trinajstić information content (AvgIpc) is 2.93. The molecule has 114 valence electrons. The lowest BCUT2D eigenvalue weighted by Crippen LogP contribution is -2.31. The summed E-state index contributed by atoms with van der Waals surface area (Å²) in [5.41, 5.74) is 0.0482. The van der Waals surface area contributed by atoms with Crippen LogP contribution in [-0.2, 0) is 4.74 Å². The van der Waals surface area contributed by atoms with Crippen LogP contribution in [0.4, 0.5) is 0 Å². The Hall–Kier alpha value is -1.95. The van der Waals surface area contributed by atoms with Crippen LogP contribution < -0.4 is 0 Å². The van der Waals surface area contributed by atoms with Crippen LogP contribution in [0.15, 0.2) is 18.2 Å². The highest BCUT2D eigenvalue weighted by Gasteiger charge is 2.28. The lowest BCUT2D eigenvalue weighted by atomic mass is 10.2. The molecule has 1 saturated heterocycles. The summed E-state index contributed by atoms with van der Waals surface area (Å²) in [6.07, 6.45) is 0.857. The summed E-state index contributed by atoms with van der Waals surface area (Å²) < 4.78 is 5.73. The molecule has 6 heteroatoms. The van der Waals surface area contributed by atoms with E-state index in [1.165, 1.54) is 18.2 Å². The number of nitrogens with zero attached hydrogens (tertiary/aromatic N) is 2. The van der Waals surface area contributed by atoms with Gasteiger partial charge in [0.05, 0.1) is 6.10 Å². The third kappa shape index (κ3) is 4.01. The first-order chi connectivity index (χ1) is 9.97. The number of aromatic nitrogens is 1. The SMILES string of the molecule is CC(C)COC1CCN(C(=O)c2cccc(C(=O)O)n2)C1. The van der Waals surface area contributed by atoms with Crippen LogP contribution in [0.2, 0.25) is 0 Å². The Morgan fingerprint density at radius 1 is 1.43 bits per heavy atom. The number of hydrogen-bond acceptors (Lipinski definition) is 4. The summed E-state index contributed by atoms with van der Waals surface area (Å²) in [6, 6.07) is 4.45. The predicted molar refractivity (Wildman–Crippen MR) is 76.3 cm³/mol. The maximum atomic E-state index is 12.3. The van der Waals surface area contributed by atoms with Crippen molar-refractivity contribution in [3.8, 4) is 0 Å². The van der Waals surface area contributed by atoms with E-state index >= 15 is 0 Å². The molecule has 6 nitrogen and oxygen atoms in total. The van der Waals surface area contributed by atoms with Crippen LogP contribution in [0.5, 0.6) is 0 Å². The second kappa shape index (κ2) is 6.67. The molecule has 2 heterocycles. The molecule has 0 spiro atoms. The average molecular weight is 292 g/mol. The first-order valence-corrected chi connectivity index (χ1v) is 7.08. The van der Waals surface area contributed by atoms with E-state index in [-0.39, 0.29) is 23.4 Å². The molecule has 1 N–H and O–H groups in total. The molecular weight excluding hydrogens is 272 g/mol. The number of ether oxygens (including phenoxy) is 1. The maximum absolute atomic E-state index is 12.3. The van der Waals surface area contributed by atoms with Crippen molar-refractivity contribution in [1.29, 1.82) is 0 Å². The molecule has 1 unspecified atom stereocenters. The number of rotatable bonds is 5. The van der Waals surface area contributed by atoms with Crippen LogP contribution in [0, 0.1) is 5.92 Å². The van der Waals surface area contributed by atoms with E-state index in [2.05, 4.69) is 18.8 Å². The zero-order chi connectivity index (χ0) is 15.4. The van der Waals surface area contributed by atoms with E-state index in [0.29, 0.717) is 25.6 Å². The molecule has 1 aromatic heterocycles. The number of pyridine rings is 1. The first kappa shape index (κ1) is 15.4. The van der Waals surface area contributed by atoms with Crippen LogP contribution in [0.1, 0.15) is 41.2 Å². The van der Waals surface area contributed by atoms with E-state index in [0.717, 1.165) is 6.42 Å². The molecule has 1 aromatic rings. The lowest BCUT2D eigenvalue weighted by molar-refractivity contribution is 0.0395. The van der Waals surface area contributed by atoms with Gasteiger partial charge in [0.25, 0.3) is 5.91 Å². The molecule has 1 aliphatic rings. The Kier molecular flexibility index (Phi) is 4.90. The fraction of sp³-hybridized carbons (Fsp3) is 0.533. The molecule has 0 saturated carbocycles. The monoisotopic (exact) mass is 292 g/mol. The van der Waals surface area contributed by atoms with Crippen molar-refractivity contribution in [2.24, 2.45) is 5.92 Å². The molecule has 2 rings (SSSR count). The third-order valence-electron chi connectivity index (χ3n) is 3.28. The second-order valence-electron chi connectivity index (χ2n) is 5.60. The summed E-state index contributed by atoms with van der Waals surface area (Å²) >= 11 is 0. The van der Waals surface area contributed by atoms with Gasteiger partial charge in [0.15, 0.2) is 0 Å². The van der Waals surface area contributed by atoms with Gasteiger partial charge in [0.1, 0.15) is 11.4 Å². The maximum Gasteiger partial charge on any atom is 0.354 e. The zero-order valence-electron chi connectivity index (χ0n) is 12.3. The predicted octanol–water partition coefficient (Wildman–Crippen LogP) is 1.67. The summed E-state index contributed by atoms with van der Waals surface area (Å²) in [6.45, 7) is 5.99. The number of likely N-dealkylation sites (tertiary alicyclic amines) is 1. The fourth-order valence-corrected chi connectivity index (χ4v) is 2.21. The highest BCUT2D eigenvalue weighted by Crippen LogP contribution is 2.16. The van der Waals surface area contributed by atoms with Crippen LogP contribution in [0.3, 0.4) is 0 Å². The van der Waals surface area contributed by atoms with Gasteiger partial charge >= 0.3 is 5.97 Å². The van der Waals surface area contributed by atoms with Crippen LogP contribution in [-0.4, -0.2) is 52.7 Å². The quantitative estimate of drug-likeness (QED) is 0.893. The van der Waals surface area contributed by atoms with Gasteiger partial charge in [0.2, 0.25) is 0 Å². The van der Waals surface area contributed by atoms with Crippen LogP contribution >= 0.6 is 0 Å². The van der Waals surface area contributed by atoms with Crippen molar-refractivity contribution >= 4 is 11.9 Å². The molecule has 0 bridgehead atoms. The smallest absolute Gasteiger partial charge is 0.354 e. The molecule has 1 atom stereocenters. The van der Waals surface area contributed by atoms with Crippen LogP contribution in [0.25, 0.3) is 0 Å². The minimum Gasteiger partial charge on any atom is -0.477 e. The normalized spacial score (nSPS) is 18.2. The molecule has 1 fully saturated rings. The molecular formula is C15H20N2O4. The highest BCUT2D eigenvalue weighted by atomic mass is 16.5. The number of aromatic carboxylic acids is 1. The van der Waals surface area contributed by atoms with Crippen molar-refractivity contribution in [2.45, 2.75) is 26.4 Å². The van der Waals surface area contributed by atoms with Gasteiger partial charge in [-0.25, -0.2) is 9.78 Å². The first-order valence-electron chi connectivity index (χ1n) is 7.08. The molecule has 1 aliphatic heterocycles. The number of hydrogen-bond donors (Lipinski definition) is 1. The third-order valence-corrected chi connectivity index (χ3v) is 3.28. The molecule has 0 aliphatic carbocycles. The minimum absolute atomic E-state index is 0.0546. The Balaban J connectivity index is 1.98. The zero-order valence-corrected chi connectivity index (χ0v) is 12.3. The number of carbonyl (C=O) groups is 2. The van der Waals surface area contributed by atoms with E-state index in [9.17, 15) is 9.59 Å². The highest BCUT2D eigenvalue weighted by molar-refractivity contribution is 5.94. The minimum atomic E-state index is -1.13. The van der Waals surface area contributed by atoms with Gasteiger partial charge in [0, 0.05) is 19.7 Å². The molecule has 0 radical (unpaired) electrons. The Morgan fingerprint density at radius 3 is 2.81 bits per heavy atom. The van der Waals surface area contributed by atoms with E-state index in [4.69, 9.17) is 9.84 Å².